The van der Waals surface area contributed by atoms with Crippen molar-refractivity contribution in [1.29, 1.82) is 0 Å². The number of hydrogen-bond acceptors (Lipinski definition) is 3. The molecule has 1 atom stereocenters. The molecule has 2 N–H and O–H groups in total. The van der Waals surface area contributed by atoms with Gasteiger partial charge in [-0.2, -0.15) is 0 Å². The predicted molar refractivity (Wildman–Crippen MR) is 72.7 cm³/mol. The van der Waals surface area contributed by atoms with E-state index in [2.05, 4.69) is 18.8 Å². The standard InChI is InChI=1S/C12H20N4O.ClH/c1-12(2)7-16(5-4-10(12)13)11(17)9-6-15(3)8-14-9;/h6,8,10H,4-5,7,13H2,1-3H3;1H. The number of rotatable bonds is 1. The van der Waals surface area contributed by atoms with Crippen LogP contribution in [-0.4, -0.2) is 39.5 Å². The molecule has 1 aromatic rings. The van der Waals surface area contributed by atoms with Gasteiger partial charge in [0.2, 0.25) is 0 Å². The molecule has 1 fully saturated rings. The van der Waals surface area contributed by atoms with Gasteiger partial charge in [-0.25, -0.2) is 4.98 Å². The summed E-state index contributed by atoms with van der Waals surface area (Å²) in [7, 11) is 1.86. The summed E-state index contributed by atoms with van der Waals surface area (Å²) in [5, 5.41) is 0. The van der Waals surface area contributed by atoms with Crippen LogP contribution in [0.15, 0.2) is 12.5 Å². The summed E-state index contributed by atoms with van der Waals surface area (Å²) >= 11 is 0. The number of nitrogens with two attached hydrogens (primary N) is 1. The Kier molecular flexibility index (Phi) is 4.40. The monoisotopic (exact) mass is 272 g/mol. The molecule has 1 aliphatic rings. The smallest absolute Gasteiger partial charge is 0.274 e. The maximum absolute atomic E-state index is 12.2. The van der Waals surface area contributed by atoms with Gasteiger partial charge in [-0.15, -0.1) is 12.4 Å². The Hall–Kier alpha value is -1.07. The maximum Gasteiger partial charge on any atom is 0.274 e. The third-order valence-electron chi connectivity index (χ3n) is 3.52. The number of carbonyl (C=O) groups excluding carboxylic acids is 1. The zero-order chi connectivity index (χ0) is 12.6. The lowest BCUT2D eigenvalue weighted by molar-refractivity contribution is 0.0528. The van der Waals surface area contributed by atoms with Gasteiger partial charge in [0, 0.05) is 32.4 Å². The summed E-state index contributed by atoms with van der Waals surface area (Å²) < 4.78 is 1.79. The molecule has 18 heavy (non-hydrogen) atoms. The average Bonchev–Trinajstić information content (AvgIpc) is 2.68. The van der Waals surface area contributed by atoms with Gasteiger partial charge in [0.15, 0.2) is 0 Å². The van der Waals surface area contributed by atoms with Crippen molar-refractivity contribution < 1.29 is 4.79 Å². The van der Waals surface area contributed by atoms with E-state index in [4.69, 9.17) is 5.73 Å². The lowest BCUT2D eigenvalue weighted by atomic mass is 9.79. The van der Waals surface area contributed by atoms with Crippen molar-refractivity contribution in [2.24, 2.45) is 18.2 Å². The molecule has 1 aromatic heterocycles. The number of amides is 1. The minimum atomic E-state index is -0.0251. The third-order valence-corrected chi connectivity index (χ3v) is 3.52. The SMILES string of the molecule is Cl.Cn1cnc(C(=O)N2CCC(N)C(C)(C)C2)c1. The van der Waals surface area contributed by atoms with Crippen molar-refractivity contribution in [3.63, 3.8) is 0 Å². The van der Waals surface area contributed by atoms with Gasteiger partial charge < -0.3 is 15.2 Å². The molecule has 5 nitrogen and oxygen atoms in total. The largest absolute Gasteiger partial charge is 0.340 e. The maximum atomic E-state index is 12.2. The van der Waals surface area contributed by atoms with Gasteiger partial charge in [-0.3, -0.25) is 4.79 Å². The molecular weight excluding hydrogens is 252 g/mol. The van der Waals surface area contributed by atoms with E-state index in [0.29, 0.717) is 12.2 Å². The Labute approximate surface area is 114 Å². The van der Waals surface area contributed by atoms with Gasteiger partial charge in [-0.1, -0.05) is 13.8 Å². The fourth-order valence-electron chi connectivity index (χ4n) is 2.23. The average molecular weight is 273 g/mol. The van der Waals surface area contributed by atoms with Crippen LogP contribution in [0.25, 0.3) is 0 Å². The Morgan fingerprint density at radius 2 is 2.22 bits per heavy atom. The van der Waals surface area contributed by atoms with E-state index in [1.165, 1.54) is 0 Å². The first-order chi connectivity index (χ1) is 7.90. The molecule has 2 rings (SSSR count). The summed E-state index contributed by atoms with van der Waals surface area (Å²) in [6.07, 6.45) is 4.25. The van der Waals surface area contributed by atoms with E-state index in [0.717, 1.165) is 13.0 Å². The Morgan fingerprint density at radius 3 is 2.72 bits per heavy atom. The number of carbonyl (C=O) groups is 1. The minimum Gasteiger partial charge on any atom is -0.340 e. The molecule has 0 radical (unpaired) electrons. The summed E-state index contributed by atoms with van der Waals surface area (Å²) in [6, 6.07) is 0.162. The molecule has 1 saturated heterocycles. The van der Waals surface area contributed by atoms with E-state index in [9.17, 15) is 4.79 Å². The number of nitrogens with zero attached hydrogens (tertiary/aromatic N) is 3. The van der Waals surface area contributed by atoms with Crippen molar-refractivity contribution in [1.82, 2.24) is 14.5 Å². The van der Waals surface area contributed by atoms with E-state index < -0.39 is 0 Å². The molecule has 2 heterocycles. The van der Waals surface area contributed by atoms with Gasteiger partial charge in [-0.05, 0) is 11.8 Å². The van der Waals surface area contributed by atoms with E-state index in [-0.39, 0.29) is 29.8 Å². The highest BCUT2D eigenvalue weighted by atomic mass is 35.5. The fourth-order valence-corrected chi connectivity index (χ4v) is 2.23. The van der Waals surface area contributed by atoms with Crippen molar-refractivity contribution in [2.45, 2.75) is 26.3 Å². The van der Waals surface area contributed by atoms with Crippen LogP contribution in [-0.2, 0) is 7.05 Å². The first-order valence-electron chi connectivity index (χ1n) is 5.93. The van der Waals surface area contributed by atoms with Gasteiger partial charge >= 0.3 is 0 Å². The number of halogens is 1. The normalized spacial score (nSPS) is 22.4. The van der Waals surface area contributed by atoms with Crippen LogP contribution in [0.1, 0.15) is 30.8 Å². The molecule has 1 amide bonds. The van der Waals surface area contributed by atoms with Gasteiger partial charge in [0.05, 0.1) is 6.33 Å². The molecular formula is C12H21ClN4O. The predicted octanol–water partition coefficient (Wildman–Crippen LogP) is 1.04. The Bertz CT molecular complexity index is 429. The first-order valence-corrected chi connectivity index (χ1v) is 5.93. The van der Waals surface area contributed by atoms with Crippen LogP contribution >= 0.6 is 12.4 Å². The lowest BCUT2D eigenvalue weighted by Gasteiger charge is -2.42. The van der Waals surface area contributed by atoms with Gasteiger partial charge in [0.25, 0.3) is 5.91 Å². The highest BCUT2D eigenvalue weighted by Gasteiger charge is 2.35. The Balaban J connectivity index is 0.00000162. The number of aromatic nitrogens is 2. The quantitative estimate of drug-likeness (QED) is 0.831. The zero-order valence-corrected chi connectivity index (χ0v) is 11.9. The number of likely N-dealkylation sites (tertiary alicyclic amines) is 1. The first kappa shape index (κ1) is 15.0. The van der Waals surface area contributed by atoms with Crippen LogP contribution in [0.2, 0.25) is 0 Å². The highest BCUT2D eigenvalue weighted by Crippen LogP contribution is 2.28. The number of imidazole rings is 1. The summed E-state index contributed by atoms with van der Waals surface area (Å²) in [5.74, 6) is 0.00516. The van der Waals surface area contributed by atoms with E-state index in [1.54, 1.807) is 17.1 Å². The molecule has 6 heteroatoms. The number of piperidine rings is 1. The molecule has 0 saturated carbocycles. The lowest BCUT2D eigenvalue weighted by Crippen LogP contribution is -2.54. The third kappa shape index (κ3) is 2.84. The van der Waals surface area contributed by atoms with Crippen molar-refractivity contribution in [2.75, 3.05) is 13.1 Å². The second-order valence-corrected chi connectivity index (χ2v) is 5.53. The van der Waals surface area contributed by atoms with E-state index >= 15 is 0 Å². The molecule has 0 spiro atoms. The topological polar surface area (TPSA) is 64.2 Å². The van der Waals surface area contributed by atoms with Gasteiger partial charge in [0.1, 0.15) is 5.69 Å². The molecule has 1 aliphatic heterocycles. The second-order valence-electron chi connectivity index (χ2n) is 5.53. The van der Waals surface area contributed by atoms with Crippen LogP contribution in [0.3, 0.4) is 0 Å². The minimum absolute atomic E-state index is 0. The molecule has 1 unspecified atom stereocenters. The fraction of sp³-hybridized carbons (Fsp3) is 0.667. The van der Waals surface area contributed by atoms with Crippen LogP contribution in [0.5, 0.6) is 0 Å². The van der Waals surface area contributed by atoms with E-state index in [1.807, 2.05) is 11.9 Å². The summed E-state index contributed by atoms with van der Waals surface area (Å²) in [4.78, 5) is 18.2. The molecule has 0 aromatic carbocycles. The number of hydrogen-bond donors (Lipinski definition) is 1. The van der Waals surface area contributed by atoms with Crippen LogP contribution in [0, 0.1) is 5.41 Å². The summed E-state index contributed by atoms with van der Waals surface area (Å²) in [5.41, 5.74) is 6.55. The van der Waals surface area contributed by atoms with Crippen molar-refractivity contribution in [3.8, 4) is 0 Å². The molecule has 102 valence electrons. The van der Waals surface area contributed by atoms with Crippen LogP contribution < -0.4 is 5.73 Å². The zero-order valence-electron chi connectivity index (χ0n) is 11.1. The highest BCUT2D eigenvalue weighted by molar-refractivity contribution is 5.92. The number of aryl methyl sites for hydroxylation is 1. The second kappa shape index (κ2) is 5.28. The Morgan fingerprint density at radius 1 is 1.56 bits per heavy atom. The van der Waals surface area contributed by atoms with Crippen molar-refractivity contribution >= 4 is 18.3 Å². The van der Waals surface area contributed by atoms with Crippen LogP contribution in [0.4, 0.5) is 0 Å². The molecule has 0 aliphatic carbocycles. The summed E-state index contributed by atoms with van der Waals surface area (Å²) in [6.45, 7) is 5.63. The van der Waals surface area contributed by atoms with Crippen molar-refractivity contribution in [3.05, 3.63) is 18.2 Å². The molecule has 0 bridgehead atoms.